The van der Waals surface area contributed by atoms with Crippen molar-refractivity contribution < 1.29 is 12.6 Å². The molecule has 0 aromatic rings. The fraction of sp³-hybridized carbons (Fsp3) is 0.500. The Morgan fingerprint density at radius 1 is 1.67 bits per heavy atom. The highest BCUT2D eigenvalue weighted by Crippen LogP contribution is 1.84. The summed E-state index contributed by atoms with van der Waals surface area (Å²) in [4.78, 5) is 0. The minimum Gasteiger partial charge on any atom is -0.405 e. The van der Waals surface area contributed by atoms with E-state index in [1.165, 1.54) is 12.3 Å². The Balaban J connectivity index is 3.53. The van der Waals surface area contributed by atoms with E-state index in [1.807, 2.05) is 0 Å². The summed E-state index contributed by atoms with van der Waals surface area (Å²) in [5.74, 6) is 0. The monoisotopic (exact) mass is 151 g/mol. The zero-order chi connectivity index (χ0) is 7.33. The Kier molecular flexibility index (Phi) is 3.26. The van der Waals surface area contributed by atoms with Crippen molar-refractivity contribution in [2.24, 2.45) is 5.73 Å². The molecule has 9 heavy (non-hydrogen) atoms. The Bertz CT molecular complexity index is 182. The Labute approximate surface area is 54.4 Å². The summed E-state index contributed by atoms with van der Waals surface area (Å²) in [7, 11) is -3.30. The lowest BCUT2D eigenvalue weighted by molar-refractivity contribution is 0.361. The summed E-state index contributed by atoms with van der Waals surface area (Å²) in [6.45, 7) is 0.00926. The van der Waals surface area contributed by atoms with Crippen LogP contribution in [0.5, 0.6) is 0 Å². The highest BCUT2D eigenvalue weighted by Gasteiger charge is 1.96. The highest BCUT2D eigenvalue weighted by molar-refractivity contribution is 7.85. The SMILES string of the molecule is CS(=O)(=O)OCC=CN. The van der Waals surface area contributed by atoms with Crippen LogP contribution in [-0.2, 0) is 14.3 Å². The van der Waals surface area contributed by atoms with E-state index < -0.39 is 10.1 Å². The van der Waals surface area contributed by atoms with Crippen LogP contribution in [0.25, 0.3) is 0 Å². The second-order valence-corrected chi connectivity index (χ2v) is 3.06. The molecule has 0 fully saturated rings. The van der Waals surface area contributed by atoms with Crippen molar-refractivity contribution in [1.82, 2.24) is 0 Å². The molecule has 0 spiro atoms. The molecule has 0 aromatic heterocycles. The van der Waals surface area contributed by atoms with Gasteiger partial charge in [0.15, 0.2) is 0 Å². The van der Waals surface area contributed by atoms with Gasteiger partial charge in [-0.25, -0.2) is 0 Å². The van der Waals surface area contributed by atoms with Gasteiger partial charge in [0.2, 0.25) is 0 Å². The van der Waals surface area contributed by atoms with Crippen molar-refractivity contribution in [3.63, 3.8) is 0 Å². The van der Waals surface area contributed by atoms with Gasteiger partial charge in [-0.1, -0.05) is 0 Å². The topological polar surface area (TPSA) is 69.4 Å². The normalized spacial score (nSPS) is 12.6. The molecular formula is C4H9NO3S. The predicted octanol–water partition coefficient (Wildman–Crippen LogP) is -0.565. The molecule has 0 heterocycles. The third-order valence-electron chi connectivity index (χ3n) is 0.514. The molecule has 0 amide bonds. The molecule has 0 aliphatic rings. The van der Waals surface area contributed by atoms with Crippen LogP contribution in [0.3, 0.4) is 0 Å². The predicted molar refractivity (Wildman–Crippen MR) is 34.1 cm³/mol. The first kappa shape index (κ1) is 8.45. The molecule has 0 saturated heterocycles. The molecule has 2 N–H and O–H groups in total. The van der Waals surface area contributed by atoms with Crippen LogP contribution >= 0.6 is 0 Å². The number of hydrogen-bond donors (Lipinski definition) is 1. The number of rotatable bonds is 3. The molecule has 5 heteroatoms. The van der Waals surface area contributed by atoms with Gasteiger partial charge in [-0.15, -0.1) is 0 Å². The van der Waals surface area contributed by atoms with Gasteiger partial charge < -0.3 is 5.73 Å². The van der Waals surface area contributed by atoms with E-state index in [-0.39, 0.29) is 6.61 Å². The lowest BCUT2D eigenvalue weighted by Gasteiger charge is -1.92. The van der Waals surface area contributed by atoms with Crippen LogP contribution in [0.1, 0.15) is 0 Å². The quantitative estimate of drug-likeness (QED) is 0.549. The molecule has 0 atom stereocenters. The van der Waals surface area contributed by atoms with Gasteiger partial charge in [0.1, 0.15) is 0 Å². The largest absolute Gasteiger partial charge is 0.405 e. The highest BCUT2D eigenvalue weighted by atomic mass is 32.2. The minimum atomic E-state index is -3.30. The molecule has 0 saturated carbocycles. The van der Waals surface area contributed by atoms with Gasteiger partial charge in [0.25, 0.3) is 10.1 Å². The van der Waals surface area contributed by atoms with E-state index in [1.54, 1.807) is 0 Å². The lowest BCUT2D eigenvalue weighted by Crippen LogP contribution is -2.02. The zero-order valence-electron chi connectivity index (χ0n) is 5.07. The lowest BCUT2D eigenvalue weighted by atomic mass is 10.7. The minimum absolute atomic E-state index is 0.00926. The molecule has 0 aliphatic heterocycles. The standard InChI is InChI=1S/C4H9NO3S/c1-9(6,7)8-4-2-3-5/h2-3H,4-5H2,1H3. The van der Waals surface area contributed by atoms with Crippen molar-refractivity contribution in [2.75, 3.05) is 12.9 Å². The first-order chi connectivity index (χ1) is 4.06. The van der Waals surface area contributed by atoms with E-state index in [9.17, 15) is 8.42 Å². The Hall–Kier alpha value is -0.550. The molecule has 0 aliphatic carbocycles. The van der Waals surface area contributed by atoms with Crippen LogP contribution in [0.15, 0.2) is 12.3 Å². The first-order valence-corrected chi connectivity index (χ1v) is 4.09. The van der Waals surface area contributed by atoms with E-state index >= 15 is 0 Å². The van der Waals surface area contributed by atoms with Gasteiger partial charge >= 0.3 is 0 Å². The van der Waals surface area contributed by atoms with Crippen LogP contribution in [0.4, 0.5) is 0 Å². The zero-order valence-corrected chi connectivity index (χ0v) is 5.89. The Morgan fingerprint density at radius 2 is 2.22 bits per heavy atom. The van der Waals surface area contributed by atoms with Crippen LogP contribution < -0.4 is 5.73 Å². The van der Waals surface area contributed by atoms with E-state index in [4.69, 9.17) is 5.73 Å². The number of nitrogens with two attached hydrogens (primary N) is 1. The summed E-state index contributed by atoms with van der Waals surface area (Å²) >= 11 is 0. The van der Waals surface area contributed by atoms with Crippen molar-refractivity contribution >= 4 is 10.1 Å². The van der Waals surface area contributed by atoms with Gasteiger partial charge in [0, 0.05) is 0 Å². The smallest absolute Gasteiger partial charge is 0.264 e. The van der Waals surface area contributed by atoms with Crippen LogP contribution in [-0.4, -0.2) is 21.3 Å². The maximum atomic E-state index is 10.2. The van der Waals surface area contributed by atoms with Crippen LogP contribution in [0.2, 0.25) is 0 Å². The molecule has 0 radical (unpaired) electrons. The van der Waals surface area contributed by atoms with Crippen molar-refractivity contribution in [1.29, 1.82) is 0 Å². The Morgan fingerprint density at radius 3 is 2.56 bits per heavy atom. The maximum Gasteiger partial charge on any atom is 0.264 e. The summed E-state index contributed by atoms with van der Waals surface area (Å²) in [5.41, 5.74) is 4.90. The second-order valence-electron chi connectivity index (χ2n) is 1.42. The van der Waals surface area contributed by atoms with E-state index in [2.05, 4.69) is 4.18 Å². The first-order valence-electron chi connectivity index (χ1n) is 2.27. The van der Waals surface area contributed by atoms with Gasteiger partial charge in [-0.2, -0.15) is 8.42 Å². The van der Waals surface area contributed by atoms with Crippen LogP contribution in [0, 0.1) is 0 Å². The van der Waals surface area contributed by atoms with Crippen molar-refractivity contribution in [2.45, 2.75) is 0 Å². The van der Waals surface area contributed by atoms with Gasteiger partial charge in [0.05, 0.1) is 12.9 Å². The molecular weight excluding hydrogens is 142 g/mol. The van der Waals surface area contributed by atoms with E-state index in [0.29, 0.717) is 0 Å². The van der Waals surface area contributed by atoms with Crippen molar-refractivity contribution in [3.05, 3.63) is 12.3 Å². The van der Waals surface area contributed by atoms with Gasteiger partial charge in [-0.05, 0) is 12.3 Å². The third-order valence-corrected chi connectivity index (χ3v) is 1.08. The maximum absolute atomic E-state index is 10.2. The average Bonchev–Trinajstić information content (AvgIpc) is 1.63. The van der Waals surface area contributed by atoms with E-state index in [0.717, 1.165) is 6.26 Å². The third kappa shape index (κ3) is 7.45. The summed E-state index contributed by atoms with van der Waals surface area (Å²) in [6, 6.07) is 0. The average molecular weight is 151 g/mol. The fourth-order valence-electron chi connectivity index (χ4n) is 0.218. The summed E-state index contributed by atoms with van der Waals surface area (Å²) in [5, 5.41) is 0. The molecule has 0 rings (SSSR count). The fourth-order valence-corrected chi connectivity index (χ4v) is 0.544. The molecule has 0 aromatic carbocycles. The molecule has 0 bridgehead atoms. The summed E-state index contributed by atoms with van der Waals surface area (Å²) < 4.78 is 24.7. The second kappa shape index (κ2) is 3.47. The van der Waals surface area contributed by atoms with Crippen molar-refractivity contribution in [3.8, 4) is 0 Å². The molecule has 4 nitrogen and oxygen atoms in total. The number of hydrogen-bond acceptors (Lipinski definition) is 4. The molecule has 0 unspecified atom stereocenters. The summed E-state index contributed by atoms with van der Waals surface area (Å²) in [6.07, 6.45) is 3.61. The molecule has 54 valence electrons. The van der Waals surface area contributed by atoms with Gasteiger partial charge in [-0.3, -0.25) is 4.18 Å².